The zero-order valence-electron chi connectivity index (χ0n) is 17.1. The van der Waals surface area contributed by atoms with Crippen molar-refractivity contribution in [3.8, 4) is 0 Å². The van der Waals surface area contributed by atoms with Crippen molar-refractivity contribution in [2.24, 2.45) is 5.92 Å². The van der Waals surface area contributed by atoms with Gasteiger partial charge in [-0.05, 0) is 45.1 Å². The Morgan fingerprint density at radius 3 is 2.39 bits per heavy atom. The van der Waals surface area contributed by atoms with Gasteiger partial charge in [-0.3, -0.25) is 9.59 Å². The van der Waals surface area contributed by atoms with Gasteiger partial charge in [0.15, 0.2) is 0 Å². The smallest absolute Gasteiger partial charge is 0.259 e. The summed E-state index contributed by atoms with van der Waals surface area (Å²) in [7, 11) is 0. The number of fused-ring (bicyclic) bond motifs is 1. The molecule has 4 rings (SSSR count). The number of carbonyl (C=O) groups excluding carboxylic acids is 1. The second kappa shape index (κ2) is 8.36. The monoisotopic (exact) mass is 401 g/mol. The second-order valence-electron chi connectivity index (χ2n) is 8.57. The molecule has 2 heterocycles. The zero-order chi connectivity index (χ0) is 19.7. The highest BCUT2D eigenvalue weighted by Gasteiger charge is 2.32. The molecule has 1 amide bonds. The first-order valence-corrected chi connectivity index (χ1v) is 11.7. The predicted molar refractivity (Wildman–Crippen MR) is 114 cm³/mol. The third kappa shape index (κ3) is 3.88. The molecule has 0 aliphatic heterocycles. The van der Waals surface area contributed by atoms with Crippen LogP contribution >= 0.6 is 11.3 Å². The van der Waals surface area contributed by atoms with E-state index in [0.29, 0.717) is 17.8 Å². The van der Waals surface area contributed by atoms with E-state index in [-0.39, 0.29) is 23.4 Å². The summed E-state index contributed by atoms with van der Waals surface area (Å²) in [5.74, 6) is 1.07. The van der Waals surface area contributed by atoms with Crippen LogP contribution in [0, 0.1) is 19.8 Å². The first kappa shape index (κ1) is 19.6. The first-order valence-electron chi connectivity index (χ1n) is 10.8. The number of nitrogens with one attached hydrogen (secondary N) is 1. The van der Waals surface area contributed by atoms with Gasteiger partial charge in [-0.2, -0.15) is 0 Å². The summed E-state index contributed by atoms with van der Waals surface area (Å²) in [5.41, 5.74) is 0.943. The van der Waals surface area contributed by atoms with E-state index in [1.807, 2.05) is 13.8 Å². The third-order valence-corrected chi connectivity index (χ3v) is 7.76. The minimum atomic E-state index is -0.0736. The lowest BCUT2D eigenvalue weighted by Crippen LogP contribution is -2.45. The van der Waals surface area contributed by atoms with Crippen LogP contribution in [0.15, 0.2) is 4.79 Å². The SMILES string of the molecule is Cc1sc2nc(CN(C(=O)C3CCCCC3)C3CCCCC3)[nH]c(=O)c2c1C. The van der Waals surface area contributed by atoms with E-state index in [1.54, 1.807) is 11.3 Å². The molecule has 2 aromatic heterocycles. The molecule has 2 saturated carbocycles. The average Bonchev–Trinajstić information content (AvgIpc) is 3.01. The fourth-order valence-electron chi connectivity index (χ4n) is 4.90. The molecule has 2 aliphatic rings. The molecule has 2 fully saturated rings. The van der Waals surface area contributed by atoms with Crippen molar-refractivity contribution < 1.29 is 4.79 Å². The lowest BCUT2D eigenvalue weighted by atomic mass is 9.86. The molecule has 0 atom stereocenters. The molecule has 0 radical (unpaired) electrons. The Kier molecular flexibility index (Phi) is 5.85. The lowest BCUT2D eigenvalue weighted by Gasteiger charge is -2.37. The Morgan fingerprint density at radius 1 is 1.07 bits per heavy atom. The molecule has 0 spiro atoms. The fraction of sp³-hybridized carbons (Fsp3) is 0.682. The van der Waals surface area contributed by atoms with Gasteiger partial charge >= 0.3 is 0 Å². The number of aromatic nitrogens is 2. The summed E-state index contributed by atoms with van der Waals surface area (Å²) in [6.45, 7) is 4.44. The quantitative estimate of drug-likeness (QED) is 0.797. The van der Waals surface area contributed by atoms with E-state index in [1.165, 1.54) is 25.7 Å². The molecule has 0 saturated heterocycles. The number of carbonyl (C=O) groups is 1. The highest BCUT2D eigenvalue weighted by Crippen LogP contribution is 2.31. The number of hydrogen-bond acceptors (Lipinski definition) is 4. The van der Waals surface area contributed by atoms with Gasteiger partial charge in [-0.25, -0.2) is 4.98 Å². The number of nitrogens with zero attached hydrogens (tertiary/aromatic N) is 2. The molecule has 6 heteroatoms. The summed E-state index contributed by atoms with van der Waals surface area (Å²) < 4.78 is 0. The van der Waals surface area contributed by atoms with E-state index >= 15 is 0 Å². The Balaban J connectivity index is 1.63. The summed E-state index contributed by atoms with van der Waals surface area (Å²) in [6, 6.07) is 0.288. The zero-order valence-corrected chi connectivity index (χ0v) is 17.9. The van der Waals surface area contributed by atoms with Gasteiger partial charge in [-0.1, -0.05) is 38.5 Å². The van der Waals surface area contributed by atoms with E-state index < -0.39 is 0 Å². The van der Waals surface area contributed by atoms with Crippen LogP contribution in [-0.4, -0.2) is 26.8 Å². The number of amides is 1. The van der Waals surface area contributed by atoms with Gasteiger partial charge in [0.05, 0.1) is 11.9 Å². The number of hydrogen-bond donors (Lipinski definition) is 1. The van der Waals surface area contributed by atoms with Crippen molar-refractivity contribution in [2.75, 3.05) is 0 Å². The summed E-state index contributed by atoms with van der Waals surface area (Å²) in [6.07, 6.45) is 11.4. The number of H-pyrrole nitrogens is 1. The summed E-state index contributed by atoms with van der Waals surface area (Å²) >= 11 is 1.57. The van der Waals surface area contributed by atoms with Crippen LogP contribution < -0.4 is 5.56 Å². The molecule has 5 nitrogen and oxygen atoms in total. The standard InChI is InChI=1S/C22H31N3O2S/c1-14-15(2)28-21-19(14)20(26)23-18(24-21)13-25(17-11-7-4-8-12-17)22(27)16-9-5-3-6-10-16/h16-17H,3-13H2,1-2H3,(H,23,24,26). The Labute approximate surface area is 170 Å². The van der Waals surface area contributed by atoms with Gasteiger partial charge in [0.2, 0.25) is 5.91 Å². The van der Waals surface area contributed by atoms with Gasteiger partial charge in [0.25, 0.3) is 5.56 Å². The van der Waals surface area contributed by atoms with Gasteiger partial charge in [-0.15, -0.1) is 11.3 Å². The molecule has 0 aromatic carbocycles. The second-order valence-corrected chi connectivity index (χ2v) is 9.77. The average molecular weight is 402 g/mol. The molecule has 2 aliphatic carbocycles. The van der Waals surface area contributed by atoms with Gasteiger partial charge in [0, 0.05) is 16.8 Å². The molecular formula is C22H31N3O2S. The topological polar surface area (TPSA) is 66.1 Å². The fourth-order valence-corrected chi connectivity index (χ4v) is 5.95. The maximum atomic E-state index is 13.4. The van der Waals surface area contributed by atoms with Crippen LogP contribution in [0.5, 0.6) is 0 Å². The summed E-state index contributed by atoms with van der Waals surface area (Å²) in [5, 5.41) is 0.703. The molecule has 0 bridgehead atoms. The number of aromatic amines is 1. The molecule has 0 unspecified atom stereocenters. The van der Waals surface area contributed by atoms with E-state index in [0.717, 1.165) is 53.8 Å². The minimum absolute atomic E-state index is 0.0736. The van der Waals surface area contributed by atoms with E-state index in [9.17, 15) is 9.59 Å². The van der Waals surface area contributed by atoms with Crippen LogP contribution in [0.3, 0.4) is 0 Å². The van der Waals surface area contributed by atoms with Crippen molar-refractivity contribution >= 4 is 27.5 Å². The molecule has 152 valence electrons. The molecule has 28 heavy (non-hydrogen) atoms. The van der Waals surface area contributed by atoms with Crippen LogP contribution in [0.1, 0.15) is 80.5 Å². The van der Waals surface area contributed by atoms with E-state index in [2.05, 4.69) is 9.88 Å². The highest BCUT2D eigenvalue weighted by molar-refractivity contribution is 7.18. The Bertz CT molecular complexity index is 904. The molecule has 1 N–H and O–H groups in total. The third-order valence-electron chi connectivity index (χ3n) is 6.66. The van der Waals surface area contributed by atoms with Crippen molar-refractivity contribution in [1.82, 2.24) is 14.9 Å². The Hall–Kier alpha value is -1.69. The highest BCUT2D eigenvalue weighted by atomic mass is 32.1. The van der Waals surface area contributed by atoms with Gasteiger partial charge in [0.1, 0.15) is 10.7 Å². The van der Waals surface area contributed by atoms with Crippen LogP contribution in [0.25, 0.3) is 10.2 Å². The minimum Gasteiger partial charge on any atom is -0.332 e. The van der Waals surface area contributed by atoms with Crippen molar-refractivity contribution in [1.29, 1.82) is 0 Å². The predicted octanol–water partition coefficient (Wildman–Crippen LogP) is 4.84. The normalized spacial score (nSPS) is 19.2. The van der Waals surface area contributed by atoms with Crippen molar-refractivity contribution in [3.05, 3.63) is 26.6 Å². The molecular weight excluding hydrogens is 370 g/mol. The first-order chi connectivity index (χ1) is 13.5. The maximum absolute atomic E-state index is 13.4. The van der Waals surface area contributed by atoms with Crippen LogP contribution in [0.4, 0.5) is 0 Å². The number of thiophene rings is 1. The van der Waals surface area contributed by atoms with Crippen molar-refractivity contribution in [3.63, 3.8) is 0 Å². The van der Waals surface area contributed by atoms with Crippen LogP contribution in [0.2, 0.25) is 0 Å². The van der Waals surface area contributed by atoms with E-state index in [4.69, 9.17) is 4.98 Å². The van der Waals surface area contributed by atoms with Crippen molar-refractivity contribution in [2.45, 2.75) is 90.6 Å². The Morgan fingerprint density at radius 2 is 1.71 bits per heavy atom. The van der Waals surface area contributed by atoms with Gasteiger partial charge < -0.3 is 9.88 Å². The largest absolute Gasteiger partial charge is 0.332 e. The van der Waals surface area contributed by atoms with Crippen LogP contribution in [-0.2, 0) is 11.3 Å². The number of rotatable bonds is 4. The molecule has 2 aromatic rings. The summed E-state index contributed by atoms with van der Waals surface area (Å²) in [4.78, 5) is 37.8. The maximum Gasteiger partial charge on any atom is 0.259 e. The lowest BCUT2D eigenvalue weighted by molar-refractivity contribution is -0.140. The number of aryl methyl sites for hydroxylation is 2.